The first-order valence-corrected chi connectivity index (χ1v) is 8.13. The largest absolute Gasteiger partial charge is 0.486 e. The van der Waals surface area contributed by atoms with E-state index in [0.717, 1.165) is 46.6 Å². The molecule has 5 heteroatoms. The fraction of sp³-hybridized carbons (Fsp3) is 0.611. The minimum atomic E-state index is -0.353. The molecule has 1 unspecified atom stereocenters. The minimum Gasteiger partial charge on any atom is -0.486 e. The second-order valence-corrected chi connectivity index (χ2v) is 6.36. The lowest BCUT2D eigenvalue weighted by Gasteiger charge is -2.37. The third-order valence-corrected chi connectivity index (χ3v) is 4.63. The summed E-state index contributed by atoms with van der Waals surface area (Å²) in [6.07, 6.45) is 1.77. The Morgan fingerprint density at radius 2 is 1.96 bits per heavy atom. The molecule has 128 valence electrons. The Labute approximate surface area is 138 Å². The summed E-state index contributed by atoms with van der Waals surface area (Å²) in [5.74, 6) is 1.32. The van der Waals surface area contributed by atoms with Gasteiger partial charge in [-0.15, -0.1) is 0 Å². The molecule has 1 atom stereocenters. The second kappa shape index (κ2) is 6.79. The number of rotatable bonds is 5. The predicted molar refractivity (Wildman–Crippen MR) is 89.2 cm³/mol. The van der Waals surface area contributed by atoms with E-state index in [9.17, 15) is 4.79 Å². The highest BCUT2D eigenvalue weighted by Crippen LogP contribution is 2.43. The quantitative estimate of drug-likeness (QED) is 0.844. The Morgan fingerprint density at radius 1 is 1.26 bits per heavy atom. The van der Waals surface area contributed by atoms with Crippen molar-refractivity contribution in [1.29, 1.82) is 0 Å². The van der Waals surface area contributed by atoms with E-state index in [-0.39, 0.29) is 18.2 Å². The number of carbonyl (C=O) groups excluding carboxylic acids is 1. The summed E-state index contributed by atoms with van der Waals surface area (Å²) in [5.41, 5.74) is 9.77. The molecule has 0 spiro atoms. The van der Waals surface area contributed by atoms with Gasteiger partial charge >= 0.3 is 5.97 Å². The van der Waals surface area contributed by atoms with Crippen LogP contribution < -0.4 is 15.2 Å². The van der Waals surface area contributed by atoms with E-state index in [1.807, 2.05) is 27.7 Å². The van der Waals surface area contributed by atoms with Crippen LogP contribution in [0.15, 0.2) is 0 Å². The van der Waals surface area contributed by atoms with E-state index < -0.39 is 0 Å². The molecule has 0 aliphatic carbocycles. The second-order valence-electron chi connectivity index (χ2n) is 6.36. The van der Waals surface area contributed by atoms with Gasteiger partial charge in [0.15, 0.2) is 6.61 Å². The van der Waals surface area contributed by atoms with Crippen molar-refractivity contribution in [3.63, 3.8) is 0 Å². The van der Waals surface area contributed by atoms with E-state index in [1.54, 1.807) is 6.92 Å². The van der Waals surface area contributed by atoms with Crippen molar-refractivity contribution in [3.8, 4) is 11.5 Å². The van der Waals surface area contributed by atoms with E-state index in [1.165, 1.54) is 0 Å². The van der Waals surface area contributed by atoms with Gasteiger partial charge in [-0.3, -0.25) is 0 Å². The summed E-state index contributed by atoms with van der Waals surface area (Å²) < 4.78 is 16.9. The number of esters is 1. The zero-order valence-corrected chi connectivity index (χ0v) is 14.7. The molecule has 1 aliphatic rings. The number of benzene rings is 1. The summed E-state index contributed by atoms with van der Waals surface area (Å²) in [5, 5.41) is 0. The Balaban J connectivity index is 2.34. The molecule has 2 rings (SSSR count). The zero-order chi connectivity index (χ0) is 17.2. The van der Waals surface area contributed by atoms with Gasteiger partial charge in [-0.25, -0.2) is 4.79 Å². The summed E-state index contributed by atoms with van der Waals surface area (Å²) in [6, 6.07) is 0. The summed E-state index contributed by atoms with van der Waals surface area (Å²) >= 11 is 0. The van der Waals surface area contributed by atoms with Crippen LogP contribution in [-0.4, -0.2) is 31.3 Å². The molecule has 0 fully saturated rings. The molecule has 1 aromatic rings. The average molecular weight is 321 g/mol. The first kappa shape index (κ1) is 17.6. The van der Waals surface area contributed by atoms with Crippen LogP contribution in [0.25, 0.3) is 0 Å². The van der Waals surface area contributed by atoms with Crippen LogP contribution in [0.2, 0.25) is 0 Å². The van der Waals surface area contributed by atoms with E-state index >= 15 is 0 Å². The van der Waals surface area contributed by atoms with Gasteiger partial charge in [-0.1, -0.05) is 0 Å². The summed E-state index contributed by atoms with van der Waals surface area (Å²) in [6.45, 7) is 10.6. The topological polar surface area (TPSA) is 70.8 Å². The normalized spacial score (nSPS) is 19.7. The number of nitrogens with two attached hydrogens (primary N) is 1. The number of fused-ring (bicyclic) bond motifs is 1. The van der Waals surface area contributed by atoms with Gasteiger partial charge in [0.05, 0.1) is 6.61 Å². The Bertz CT molecular complexity index is 612. The van der Waals surface area contributed by atoms with Gasteiger partial charge in [0.1, 0.15) is 17.1 Å². The fourth-order valence-electron chi connectivity index (χ4n) is 2.98. The van der Waals surface area contributed by atoms with Crippen LogP contribution in [0.5, 0.6) is 11.5 Å². The molecule has 23 heavy (non-hydrogen) atoms. The molecule has 0 bridgehead atoms. The summed E-state index contributed by atoms with van der Waals surface area (Å²) in [7, 11) is 0. The molecule has 5 nitrogen and oxygen atoms in total. The van der Waals surface area contributed by atoms with Gasteiger partial charge in [-0.05, 0) is 64.2 Å². The molecule has 0 radical (unpaired) electrons. The van der Waals surface area contributed by atoms with Crippen molar-refractivity contribution in [3.05, 3.63) is 22.3 Å². The molecule has 0 amide bonds. The molecular formula is C18H27NO4. The Morgan fingerprint density at radius 3 is 2.57 bits per heavy atom. The zero-order valence-electron chi connectivity index (χ0n) is 14.7. The van der Waals surface area contributed by atoms with Gasteiger partial charge < -0.3 is 19.9 Å². The van der Waals surface area contributed by atoms with E-state index in [4.69, 9.17) is 19.9 Å². The first-order chi connectivity index (χ1) is 10.8. The van der Waals surface area contributed by atoms with E-state index in [2.05, 4.69) is 0 Å². The number of hydrogen-bond acceptors (Lipinski definition) is 5. The SMILES string of the molecule is CCOC(=O)COc1c(C)c(C)c2c(c1C)CCC(C)(CN)O2. The van der Waals surface area contributed by atoms with Crippen molar-refractivity contribution < 1.29 is 19.0 Å². The van der Waals surface area contributed by atoms with Crippen molar-refractivity contribution >= 4 is 5.97 Å². The molecule has 0 saturated carbocycles. The molecular weight excluding hydrogens is 294 g/mol. The maximum atomic E-state index is 11.6. The standard InChI is InChI=1S/C18H27NO4/c1-6-21-15(20)9-22-16-11(2)12(3)17-14(13(16)4)7-8-18(5,10-19)23-17/h6-10,19H2,1-5H3. The average Bonchev–Trinajstić information content (AvgIpc) is 2.53. The van der Waals surface area contributed by atoms with Crippen LogP contribution in [0.1, 0.15) is 42.5 Å². The lowest BCUT2D eigenvalue weighted by atomic mass is 9.87. The van der Waals surface area contributed by atoms with E-state index in [0.29, 0.717) is 13.2 Å². The lowest BCUT2D eigenvalue weighted by Crippen LogP contribution is -2.43. The van der Waals surface area contributed by atoms with Crippen LogP contribution in [-0.2, 0) is 16.0 Å². The molecule has 1 heterocycles. The van der Waals surface area contributed by atoms with Crippen LogP contribution in [0.3, 0.4) is 0 Å². The van der Waals surface area contributed by atoms with Crippen molar-refractivity contribution in [2.45, 2.75) is 53.1 Å². The van der Waals surface area contributed by atoms with Gasteiger partial charge in [0.2, 0.25) is 0 Å². The molecule has 1 aromatic carbocycles. The lowest BCUT2D eigenvalue weighted by molar-refractivity contribution is -0.145. The number of hydrogen-bond donors (Lipinski definition) is 1. The third kappa shape index (κ3) is 3.44. The maximum Gasteiger partial charge on any atom is 0.344 e. The molecule has 0 saturated heterocycles. The maximum absolute atomic E-state index is 11.6. The van der Waals surface area contributed by atoms with Crippen molar-refractivity contribution in [2.75, 3.05) is 19.8 Å². The molecule has 1 aliphatic heterocycles. The predicted octanol–water partition coefficient (Wildman–Crippen LogP) is 2.60. The van der Waals surface area contributed by atoms with Crippen molar-refractivity contribution in [1.82, 2.24) is 0 Å². The van der Waals surface area contributed by atoms with Gasteiger partial charge in [-0.2, -0.15) is 0 Å². The first-order valence-electron chi connectivity index (χ1n) is 8.13. The van der Waals surface area contributed by atoms with Gasteiger partial charge in [0.25, 0.3) is 0 Å². The summed E-state index contributed by atoms with van der Waals surface area (Å²) in [4.78, 5) is 11.6. The highest BCUT2D eigenvalue weighted by Gasteiger charge is 2.33. The van der Waals surface area contributed by atoms with Crippen LogP contribution in [0.4, 0.5) is 0 Å². The monoisotopic (exact) mass is 321 g/mol. The highest BCUT2D eigenvalue weighted by atomic mass is 16.6. The van der Waals surface area contributed by atoms with Crippen LogP contribution in [0, 0.1) is 20.8 Å². The minimum absolute atomic E-state index is 0.0743. The molecule has 2 N–H and O–H groups in total. The molecule has 0 aromatic heterocycles. The van der Waals surface area contributed by atoms with Crippen LogP contribution >= 0.6 is 0 Å². The Hall–Kier alpha value is -1.75. The fourth-order valence-corrected chi connectivity index (χ4v) is 2.98. The third-order valence-electron chi connectivity index (χ3n) is 4.63. The smallest absolute Gasteiger partial charge is 0.344 e. The van der Waals surface area contributed by atoms with Crippen molar-refractivity contribution in [2.24, 2.45) is 5.73 Å². The highest BCUT2D eigenvalue weighted by molar-refractivity contribution is 5.71. The van der Waals surface area contributed by atoms with Gasteiger partial charge in [0, 0.05) is 12.1 Å². The Kier molecular flexibility index (Phi) is 5.19. The number of carbonyl (C=O) groups is 1. The number of ether oxygens (including phenoxy) is 3.